The van der Waals surface area contributed by atoms with Gasteiger partial charge in [-0.25, -0.2) is 13.2 Å². The summed E-state index contributed by atoms with van der Waals surface area (Å²) in [6.45, 7) is 2.31. The van der Waals surface area contributed by atoms with Crippen molar-refractivity contribution in [3.8, 4) is 5.75 Å². The molecule has 1 aromatic heterocycles. The van der Waals surface area contributed by atoms with Gasteiger partial charge in [0, 0.05) is 35.2 Å². The Labute approximate surface area is 233 Å². The van der Waals surface area contributed by atoms with E-state index in [2.05, 4.69) is 10.4 Å². The molecule has 2 atom stereocenters. The number of aromatic nitrogens is 2. The predicted molar refractivity (Wildman–Crippen MR) is 147 cm³/mol. The fraction of sp³-hybridized carbons (Fsp3) is 0.407. The van der Waals surface area contributed by atoms with Gasteiger partial charge in [0.2, 0.25) is 0 Å². The van der Waals surface area contributed by atoms with Gasteiger partial charge in [-0.15, -0.1) is 0 Å². The molecule has 204 valence electrons. The van der Waals surface area contributed by atoms with E-state index in [1.807, 2.05) is 24.3 Å². The summed E-state index contributed by atoms with van der Waals surface area (Å²) in [6.07, 6.45) is 4.88. The van der Waals surface area contributed by atoms with Crippen LogP contribution < -0.4 is 10.1 Å². The molecular formula is C27H31Cl2N3O5S. The number of hydrogen-bond donors (Lipinski definition) is 1. The standard InChI is InChI=1S/C27H31Cl2N3O5S/c1-3-36-27(33)31-26-10-7-18-6-9-21(37-11-4-12-38(34,35)22-16-30-32(2)17-22)15-23(18)24(26)13-19-5-8-20(28)14-25(19)29/h5-6,8-9,14-17,24,26H,3-4,7,10-13H2,1-2H3,(H,31,33). The number of alkyl carbamates (subject to hydrolysis) is 1. The van der Waals surface area contributed by atoms with Crippen molar-refractivity contribution < 1.29 is 22.7 Å². The molecule has 0 fully saturated rings. The maximum absolute atomic E-state index is 12.5. The van der Waals surface area contributed by atoms with E-state index < -0.39 is 15.9 Å². The number of benzene rings is 2. The number of amides is 1. The highest BCUT2D eigenvalue weighted by atomic mass is 35.5. The normalized spacial score (nSPS) is 17.1. The molecule has 38 heavy (non-hydrogen) atoms. The predicted octanol–water partition coefficient (Wildman–Crippen LogP) is 5.36. The average molecular weight is 581 g/mol. The SMILES string of the molecule is CCOC(=O)NC1CCc2ccc(OCCCS(=O)(=O)c3cnn(C)c3)cc2C1Cc1ccc(Cl)cc1Cl. The zero-order valence-corrected chi connectivity index (χ0v) is 23.7. The number of carbonyl (C=O) groups is 1. The van der Waals surface area contributed by atoms with E-state index in [9.17, 15) is 13.2 Å². The minimum absolute atomic E-state index is 0.0349. The van der Waals surface area contributed by atoms with Crippen molar-refractivity contribution in [3.63, 3.8) is 0 Å². The van der Waals surface area contributed by atoms with Crippen LogP contribution in [0.4, 0.5) is 4.79 Å². The van der Waals surface area contributed by atoms with Crippen LogP contribution in [0.3, 0.4) is 0 Å². The largest absolute Gasteiger partial charge is 0.494 e. The Hall–Kier alpha value is -2.75. The van der Waals surface area contributed by atoms with Crippen molar-refractivity contribution in [3.05, 3.63) is 75.5 Å². The van der Waals surface area contributed by atoms with Crippen LogP contribution in [0.15, 0.2) is 53.7 Å². The molecular weight excluding hydrogens is 549 g/mol. The lowest BCUT2D eigenvalue weighted by molar-refractivity contribution is 0.144. The molecule has 4 rings (SSSR count). The van der Waals surface area contributed by atoms with Crippen molar-refractivity contribution in [2.75, 3.05) is 19.0 Å². The zero-order chi connectivity index (χ0) is 27.3. The summed E-state index contributed by atoms with van der Waals surface area (Å²) in [7, 11) is -1.74. The van der Waals surface area contributed by atoms with Gasteiger partial charge < -0.3 is 14.8 Å². The number of aryl methyl sites for hydroxylation is 2. The summed E-state index contributed by atoms with van der Waals surface area (Å²) in [6, 6.07) is 11.2. The number of nitrogens with one attached hydrogen (secondary N) is 1. The van der Waals surface area contributed by atoms with Crippen molar-refractivity contribution in [1.29, 1.82) is 0 Å². The van der Waals surface area contributed by atoms with Crippen LogP contribution in [-0.2, 0) is 34.5 Å². The molecule has 11 heteroatoms. The number of hydrogen-bond acceptors (Lipinski definition) is 6. The smallest absolute Gasteiger partial charge is 0.407 e. The van der Waals surface area contributed by atoms with Crippen molar-refractivity contribution in [2.45, 2.75) is 49.5 Å². The number of rotatable bonds is 10. The van der Waals surface area contributed by atoms with Crippen molar-refractivity contribution in [1.82, 2.24) is 15.1 Å². The van der Waals surface area contributed by atoms with Gasteiger partial charge in [0.05, 0.1) is 25.2 Å². The molecule has 0 saturated heterocycles. The van der Waals surface area contributed by atoms with Crippen LogP contribution in [0.2, 0.25) is 10.0 Å². The Morgan fingerprint density at radius 2 is 2.03 bits per heavy atom. The van der Waals surface area contributed by atoms with E-state index >= 15 is 0 Å². The number of ether oxygens (including phenoxy) is 2. The van der Waals surface area contributed by atoms with E-state index in [1.165, 1.54) is 22.6 Å². The van der Waals surface area contributed by atoms with Gasteiger partial charge in [0.25, 0.3) is 0 Å². The second-order valence-corrected chi connectivity index (χ2v) is 12.2. The molecule has 1 heterocycles. The second-order valence-electron chi connectivity index (χ2n) is 9.29. The third-order valence-electron chi connectivity index (χ3n) is 6.63. The lowest BCUT2D eigenvalue weighted by Crippen LogP contribution is -2.43. The quantitative estimate of drug-likeness (QED) is 0.325. The van der Waals surface area contributed by atoms with E-state index in [0.29, 0.717) is 28.6 Å². The lowest BCUT2D eigenvalue weighted by atomic mass is 9.76. The van der Waals surface area contributed by atoms with Crippen LogP contribution >= 0.6 is 23.2 Å². The Bertz CT molecular complexity index is 1390. The first-order valence-corrected chi connectivity index (χ1v) is 14.9. The minimum Gasteiger partial charge on any atom is -0.494 e. The molecule has 1 aliphatic carbocycles. The van der Waals surface area contributed by atoms with Crippen molar-refractivity contribution >= 4 is 39.1 Å². The third kappa shape index (κ3) is 7.01. The Morgan fingerprint density at radius 1 is 1.21 bits per heavy atom. The fourth-order valence-corrected chi connectivity index (χ4v) is 6.49. The molecule has 0 radical (unpaired) electrons. The van der Waals surface area contributed by atoms with Gasteiger partial charge in [-0.1, -0.05) is 35.3 Å². The van der Waals surface area contributed by atoms with Gasteiger partial charge in [0.1, 0.15) is 10.6 Å². The molecule has 3 aromatic rings. The summed E-state index contributed by atoms with van der Waals surface area (Å²) in [4.78, 5) is 12.5. The summed E-state index contributed by atoms with van der Waals surface area (Å²) >= 11 is 12.6. The minimum atomic E-state index is -3.42. The number of sulfone groups is 1. The number of nitrogens with zero attached hydrogens (tertiary/aromatic N) is 2. The monoisotopic (exact) mass is 579 g/mol. The van der Waals surface area contributed by atoms with E-state index in [4.69, 9.17) is 32.7 Å². The van der Waals surface area contributed by atoms with Crippen LogP contribution in [0.5, 0.6) is 5.75 Å². The molecule has 0 aliphatic heterocycles. The van der Waals surface area contributed by atoms with E-state index in [0.717, 1.165) is 24.0 Å². The molecule has 0 saturated carbocycles. The number of carbonyl (C=O) groups excluding carboxylic acids is 1. The lowest BCUT2D eigenvalue weighted by Gasteiger charge is -2.34. The van der Waals surface area contributed by atoms with Crippen LogP contribution in [-0.4, -0.2) is 49.3 Å². The molecule has 2 aromatic carbocycles. The Balaban J connectivity index is 1.50. The van der Waals surface area contributed by atoms with Gasteiger partial charge >= 0.3 is 6.09 Å². The first-order valence-electron chi connectivity index (χ1n) is 12.5. The molecule has 1 aliphatic rings. The maximum atomic E-state index is 12.5. The van der Waals surface area contributed by atoms with Crippen molar-refractivity contribution in [2.24, 2.45) is 7.05 Å². The fourth-order valence-electron chi connectivity index (χ4n) is 4.75. The first kappa shape index (κ1) is 28.3. The molecule has 2 unspecified atom stereocenters. The highest BCUT2D eigenvalue weighted by Crippen LogP contribution is 2.38. The molecule has 0 bridgehead atoms. The van der Waals surface area contributed by atoms with Gasteiger partial charge in [-0.05, 0) is 73.6 Å². The maximum Gasteiger partial charge on any atom is 0.407 e. The molecule has 1 N–H and O–H groups in total. The summed E-state index contributed by atoms with van der Waals surface area (Å²) in [5.41, 5.74) is 3.16. The second kappa shape index (κ2) is 12.4. The Kier molecular flexibility index (Phi) is 9.23. The molecule has 8 nitrogen and oxygen atoms in total. The number of fused-ring (bicyclic) bond motifs is 1. The van der Waals surface area contributed by atoms with Crippen LogP contribution in [0.25, 0.3) is 0 Å². The van der Waals surface area contributed by atoms with Crippen LogP contribution in [0, 0.1) is 0 Å². The van der Waals surface area contributed by atoms with E-state index in [-0.39, 0.29) is 35.8 Å². The highest BCUT2D eigenvalue weighted by molar-refractivity contribution is 7.91. The highest BCUT2D eigenvalue weighted by Gasteiger charge is 2.32. The van der Waals surface area contributed by atoms with Crippen LogP contribution in [0.1, 0.15) is 42.4 Å². The average Bonchev–Trinajstić information content (AvgIpc) is 3.32. The summed E-state index contributed by atoms with van der Waals surface area (Å²) < 4.78 is 37.6. The molecule has 1 amide bonds. The topological polar surface area (TPSA) is 99.5 Å². The summed E-state index contributed by atoms with van der Waals surface area (Å²) in [5.74, 6) is 0.537. The van der Waals surface area contributed by atoms with Gasteiger partial charge in [0.15, 0.2) is 9.84 Å². The third-order valence-corrected chi connectivity index (χ3v) is 8.97. The first-order chi connectivity index (χ1) is 18.2. The van der Waals surface area contributed by atoms with E-state index in [1.54, 1.807) is 26.1 Å². The number of halogens is 2. The summed E-state index contributed by atoms with van der Waals surface area (Å²) in [5, 5.41) is 8.09. The Morgan fingerprint density at radius 3 is 2.74 bits per heavy atom. The van der Waals surface area contributed by atoms with Gasteiger partial charge in [-0.3, -0.25) is 4.68 Å². The molecule has 0 spiro atoms. The van der Waals surface area contributed by atoms with Gasteiger partial charge in [-0.2, -0.15) is 5.10 Å². The zero-order valence-electron chi connectivity index (χ0n) is 21.3.